The maximum Gasteiger partial charge on any atom is 0.269 e. The van der Waals surface area contributed by atoms with Crippen molar-refractivity contribution < 1.29 is 9.59 Å². The molecule has 0 aromatic carbocycles. The molecule has 0 saturated heterocycles. The first-order valence-electron chi connectivity index (χ1n) is 6.07. The molecule has 0 atom stereocenters. The standard InChI is InChI=1S/C12H15BrN6O2/c1-12(2,19-6-7(13)4-16-19)11(21)17-8-5-15-18(3)9(8)10(14)20/h4-6H,1-3H3,(H2,14,20)(H,17,21). The molecular weight excluding hydrogens is 340 g/mol. The summed E-state index contributed by atoms with van der Waals surface area (Å²) >= 11 is 3.29. The molecule has 0 aliphatic rings. The number of amides is 2. The Balaban J connectivity index is 2.28. The maximum atomic E-state index is 12.5. The molecule has 2 aromatic heterocycles. The van der Waals surface area contributed by atoms with E-state index in [0.29, 0.717) is 0 Å². The average Bonchev–Trinajstić information content (AvgIpc) is 2.96. The van der Waals surface area contributed by atoms with E-state index in [9.17, 15) is 9.59 Å². The third kappa shape index (κ3) is 2.82. The van der Waals surface area contributed by atoms with E-state index >= 15 is 0 Å². The zero-order chi connectivity index (χ0) is 15.8. The van der Waals surface area contributed by atoms with Crippen molar-refractivity contribution in [2.75, 3.05) is 5.32 Å². The molecule has 2 rings (SSSR count). The van der Waals surface area contributed by atoms with Gasteiger partial charge in [0.1, 0.15) is 11.2 Å². The largest absolute Gasteiger partial charge is 0.364 e. The Morgan fingerprint density at radius 2 is 2.00 bits per heavy atom. The lowest BCUT2D eigenvalue weighted by molar-refractivity contribution is -0.123. The molecule has 0 spiro atoms. The van der Waals surface area contributed by atoms with Crippen molar-refractivity contribution in [2.24, 2.45) is 12.8 Å². The molecule has 0 fully saturated rings. The monoisotopic (exact) mass is 354 g/mol. The van der Waals surface area contributed by atoms with Crippen molar-refractivity contribution in [3.8, 4) is 0 Å². The predicted octanol–water partition coefficient (Wildman–Crippen LogP) is 0.852. The van der Waals surface area contributed by atoms with E-state index in [1.54, 1.807) is 33.3 Å². The van der Waals surface area contributed by atoms with Gasteiger partial charge < -0.3 is 11.1 Å². The smallest absolute Gasteiger partial charge is 0.269 e. The van der Waals surface area contributed by atoms with Crippen molar-refractivity contribution >= 4 is 33.4 Å². The molecule has 2 heterocycles. The first-order chi connectivity index (χ1) is 9.73. The second-order valence-electron chi connectivity index (χ2n) is 5.01. The Morgan fingerprint density at radius 1 is 1.33 bits per heavy atom. The fourth-order valence-electron chi connectivity index (χ4n) is 1.81. The fraction of sp³-hybridized carbons (Fsp3) is 0.333. The van der Waals surface area contributed by atoms with Gasteiger partial charge in [-0.3, -0.25) is 19.0 Å². The summed E-state index contributed by atoms with van der Waals surface area (Å²) in [5.74, 6) is -1.00. The molecule has 0 aliphatic carbocycles. The quantitative estimate of drug-likeness (QED) is 0.848. The number of halogens is 1. The van der Waals surface area contributed by atoms with E-state index in [4.69, 9.17) is 5.73 Å². The van der Waals surface area contributed by atoms with Crippen LogP contribution in [0.4, 0.5) is 5.69 Å². The molecule has 2 aromatic rings. The van der Waals surface area contributed by atoms with Crippen LogP contribution in [-0.4, -0.2) is 31.4 Å². The molecule has 112 valence electrons. The third-order valence-electron chi connectivity index (χ3n) is 3.10. The Kier molecular flexibility index (Phi) is 3.86. The first kappa shape index (κ1) is 15.2. The normalized spacial score (nSPS) is 11.4. The van der Waals surface area contributed by atoms with Crippen molar-refractivity contribution in [3.05, 3.63) is 28.8 Å². The highest BCUT2D eigenvalue weighted by molar-refractivity contribution is 9.10. The SMILES string of the molecule is Cn1ncc(NC(=O)C(C)(C)n2cc(Br)cn2)c1C(N)=O. The van der Waals surface area contributed by atoms with Crippen LogP contribution in [0, 0.1) is 0 Å². The van der Waals surface area contributed by atoms with Gasteiger partial charge in [0.25, 0.3) is 11.8 Å². The van der Waals surface area contributed by atoms with Crippen LogP contribution in [0.2, 0.25) is 0 Å². The number of anilines is 1. The van der Waals surface area contributed by atoms with Crippen molar-refractivity contribution in [2.45, 2.75) is 19.4 Å². The molecule has 21 heavy (non-hydrogen) atoms. The van der Waals surface area contributed by atoms with Gasteiger partial charge in [-0.15, -0.1) is 0 Å². The first-order valence-corrected chi connectivity index (χ1v) is 6.86. The van der Waals surface area contributed by atoms with Gasteiger partial charge in [-0.2, -0.15) is 10.2 Å². The van der Waals surface area contributed by atoms with Crippen molar-refractivity contribution in [1.82, 2.24) is 19.6 Å². The molecule has 0 saturated carbocycles. The molecule has 8 nitrogen and oxygen atoms in total. The van der Waals surface area contributed by atoms with E-state index in [1.165, 1.54) is 15.6 Å². The molecular formula is C12H15BrN6O2. The molecule has 0 aliphatic heterocycles. The van der Waals surface area contributed by atoms with Gasteiger partial charge in [0.05, 0.1) is 22.6 Å². The van der Waals surface area contributed by atoms with Gasteiger partial charge in [-0.05, 0) is 29.8 Å². The molecule has 0 unspecified atom stereocenters. The number of primary amides is 1. The predicted molar refractivity (Wildman–Crippen MR) is 79.6 cm³/mol. The summed E-state index contributed by atoms with van der Waals surface area (Å²) in [7, 11) is 1.57. The number of hydrogen-bond donors (Lipinski definition) is 2. The van der Waals surface area contributed by atoms with E-state index in [2.05, 4.69) is 31.4 Å². The number of carbonyl (C=O) groups excluding carboxylic acids is 2. The van der Waals surface area contributed by atoms with E-state index in [1.807, 2.05) is 0 Å². The van der Waals surface area contributed by atoms with Gasteiger partial charge >= 0.3 is 0 Å². The third-order valence-corrected chi connectivity index (χ3v) is 3.51. The van der Waals surface area contributed by atoms with Gasteiger partial charge in [0.2, 0.25) is 0 Å². The van der Waals surface area contributed by atoms with Crippen LogP contribution in [0.25, 0.3) is 0 Å². The number of carbonyl (C=O) groups is 2. The summed E-state index contributed by atoms with van der Waals surface area (Å²) in [6, 6.07) is 0. The van der Waals surface area contributed by atoms with E-state index < -0.39 is 11.4 Å². The Hall–Kier alpha value is -2.16. The minimum Gasteiger partial charge on any atom is -0.364 e. The number of rotatable bonds is 4. The minimum atomic E-state index is -0.948. The highest BCUT2D eigenvalue weighted by atomic mass is 79.9. The number of aryl methyl sites for hydroxylation is 1. The number of nitrogens with two attached hydrogens (primary N) is 1. The summed E-state index contributed by atoms with van der Waals surface area (Å²) in [6.45, 7) is 3.42. The zero-order valence-corrected chi connectivity index (χ0v) is 13.4. The number of aromatic nitrogens is 4. The topological polar surface area (TPSA) is 108 Å². The van der Waals surface area contributed by atoms with Crippen LogP contribution in [0.1, 0.15) is 24.3 Å². The van der Waals surface area contributed by atoms with E-state index in [-0.39, 0.29) is 17.3 Å². The van der Waals surface area contributed by atoms with Crippen LogP contribution in [-0.2, 0) is 17.4 Å². The second kappa shape index (κ2) is 5.32. The Labute approximate surface area is 129 Å². The molecule has 2 amide bonds. The van der Waals surface area contributed by atoms with Crippen LogP contribution >= 0.6 is 15.9 Å². The van der Waals surface area contributed by atoms with Crippen LogP contribution < -0.4 is 11.1 Å². The number of nitrogens with zero attached hydrogens (tertiary/aromatic N) is 4. The summed E-state index contributed by atoms with van der Waals surface area (Å²) in [4.78, 5) is 23.8. The second-order valence-corrected chi connectivity index (χ2v) is 5.93. The fourth-order valence-corrected chi connectivity index (χ4v) is 2.09. The highest BCUT2D eigenvalue weighted by Crippen LogP contribution is 2.21. The maximum absolute atomic E-state index is 12.5. The lowest BCUT2D eigenvalue weighted by Gasteiger charge is -2.24. The van der Waals surface area contributed by atoms with Crippen molar-refractivity contribution in [3.63, 3.8) is 0 Å². The summed E-state index contributed by atoms with van der Waals surface area (Å²) in [5.41, 5.74) is 4.75. The zero-order valence-electron chi connectivity index (χ0n) is 11.8. The summed E-state index contributed by atoms with van der Waals surface area (Å²) < 4.78 is 3.60. The van der Waals surface area contributed by atoms with Gasteiger partial charge in [-0.1, -0.05) is 0 Å². The van der Waals surface area contributed by atoms with Gasteiger partial charge in [0, 0.05) is 13.2 Å². The minimum absolute atomic E-state index is 0.140. The Bertz CT molecular complexity index is 702. The molecule has 0 radical (unpaired) electrons. The van der Waals surface area contributed by atoms with Crippen molar-refractivity contribution in [1.29, 1.82) is 0 Å². The molecule has 0 bridgehead atoms. The highest BCUT2D eigenvalue weighted by Gasteiger charge is 2.32. The van der Waals surface area contributed by atoms with Crippen LogP contribution in [0.5, 0.6) is 0 Å². The summed E-state index contributed by atoms with van der Waals surface area (Å²) in [5, 5.41) is 10.7. The summed E-state index contributed by atoms with van der Waals surface area (Å²) in [6.07, 6.45) is 4.67. The lowest BCUT2D eigenvalue weighted by Crippen LogP contribution is -2.41. The molecule has 3 N–H and O–H groups in total. The van der Waals surface area contributed by atoms with Crippen LogP contribution in [0.3, 0.4) is 0 Å². The number of nitrogens with one attached hydrogen (secondary N) is 1. The van der Waals surface area contributed by atoms with Gasteiger partial charge in [-0.25, -0.2) is 0 Å². The van der Waals surface area contributed by atoms with Crippen LogP contribution in [0.15, 0.2) is 23.1 Å². The molecule has 9 heteroatoms. The number of hydrogen-bond acceptors (Lipinski definition) is 4. The van der Waals surface area contributed by atoms with E-state index in [0.717, 1.165) is 4.47 Å². The van der Waals surface area contributed by atoms with Gasteiger partial charge in [0.15, 0.2) is 0 Å². The Morgan fingerprint density at radius 3 is 2.52 bits per heavy atom. The lowest BCUT2D eigenvalue weighted by atomic mass is 10.0. The average molecular weight is 355 g/mol.